The fourth-order valence-electron chi connectivity index (χ4n) is 1.62. The van der Waals surface area contributed by atoms with Crippen molar-refractivity contribution in [2.75, 3.05) is 6.61 Å². The van der Waals surface area contributed by atoms with Crippen LogP contribution in [0.25, 0.3) is 6.08 Å². The van der Waals surface area contributed by atoms with Gasteiger partial charge in [-0.05, 0) is 37.5 Å². The van der Waals surface area contributed by atoms with Crippen LogP contribution in [0.15, 0.2) is 24.5 Å². The maximum Gasteiger partial charge on any atom is 0.244 e. The van der Waals surface area contributed by atoms with Crippen molar-refractivity contribution < 1.29 is 15.0 Å². The first kappa shape index (κ1) is 15.2. The predicted octanol–water partition coefficient (Wildman–Crippen LogP) is 1.47. The maximum atomic E-state index is 11.8. The molecule has 0 spiro atoms. The number of pyridine rings is 1. The number of carbonyl (C=O) groups is 1. The molecule has 3 N–H and O–H groups in total. The molecule has 0 aliphatic rings. The van der Waals surface area contributed by atoms with Gasteiger partial charge in [0.05, 0.1) is 6.20 Å². The standard InChI is InChI=1S/C14H20N2O3/c1-3-14(2,6-7-17)16-13(19)5-4-11-8-12(18)10-15-9-11/h4-5,8-10,17-18H,3,6-7H2,1-2H3,(H,16,19)/b5-4+. The number of hydrogen-bond acceptors (Lipinski definition) is 4. The number of carbonyl (C=O) groups excluding carboxylic acids is 1. The van der Waals surface area contributed by atoms with Gasteiger partial charge in [0.25, 0.3) is 0 Å². The van der Waals surface area contributed by atoms with E-state index in [-0.39, 0.29) is 18.3 Å². The fourth-order valence-corrected chi connectivity index (χ4v) is 1.62. The zero-order valence-electron chi connectivity index (χ0n) is 11.3. The van der Waals surface area contributed by atoms with E-state index in [4.69, 9.17) is 5.11 Å². The molecule has 0 bridgehead atoms. The lowest BCUT2D eigenvalue weighted by Gasteiger charge is -2.28. The Labute approximate surface area is 113 Å². The minimum absolute atomic E-state index is 0.0326. The van der Waals surface area contributed by atoms with Crippen molar-refractivity contribution in [2.24, 2.45) is 0 Å². The van der Waals surface area contributed by atoms with Crippen LogP contribution in [0.1, 0.15) is 32.3 Å². The second-order valence-corrected chi connectivity index (χ2v) is 4.69. The Bertz CT molecular complexity index is 460. The van der Waals surface area contributed by atoms with Crippen molar-refractivity contribution in [1.29, 1.82) is 0 Å². The molecular weight excluding hydrogens is 244 g/mol. The van der Waals surface area contributed by atoms with Gasteiger partial charge in [-0.15, -0.1) is 0 Å². The summed E-state index contributed by atoms with van der Waals surface area (Å²) in [4.78, 5) is 15.6. The third-order valence-corrected chi connectivity index (χ3v) is 3.04. The molecule has 0 saturated carbocycles. The normalized spacial score (nSPS) is 14.3. The van der Waals surface area contributed by atoms with Gasteiger partial charge in [0, 0.05) is 24.4 Å². The lowest BCUT2D eigenvalue weighted by atomic mass is 9.95. The molecule has 1 aromatic rings. The van der Waals surface area contributed by atoms with Gasteiger partial charge in [0.2, 0.25) is 5.91 Å². The topological polar surface area (TPSA) is 82.5 Å². The second kappa shape index (κ2) is 6.89. The maximum absolute atomic E-state index is 11.8. The van der Waals surface area contributed by atoms with Crippen LogP contribution < -0.4 is 5.32 Å². The van der Waals surface area contributed by atoms with Crippen molar-refractivity contribution >= 4 is 12.0 Å². The molecule has 5 heteroatoms. The Balaban J connectivity index is 2.64. The zero-order valence-corrected chi connectivity index (χ0v) is 11.3. The van der Waals surface area contributed by atoms with Crippen LogP contribution in [0.2, 0.25) is 0 Å². The van der Waals surface area contributed by atoms with E-state index in [0.29, 0.717) is 12.0 Å². The van der Waals surface area contributed by atoms with Crippen LogP contribution in [0.5, 0.6) is 5.75 Å². The molecule has 0 radical (unpaired) electrons. The van der Waals surface area contributed by atoms with Gasteiger partial charge < -0.3 is 15.5 Å². The number of nitrogens with one attached hydrogen (secondary N) is 1. The molecule has 5 nitrogen and oxygen atoms in total. The van der Waals surface area contributed by atoms with Gasteiger partial charge >= 0.3 is 0 Å². The Kier molecular flexibility index (Phi) is 5.51. The molecule has 1 rings (SSSR count). The summed E-state index contributed by atoms with van der Waals surface area (Å²) in [6.07, 6.45) is 7.10. The lowest BCUT2D eigenvalue weighted by Crippen LogP contribution is -2.45. The van der Waals surface area contributed by atoms with E-state index in [1.54, 1.807) is 12.3 Å². The van der Waals surface area contributed by atoms with Crippen LogP contribution >= 0.6 is 0 Å². The number of amides is 1. The molecule has 0 saturated heterocycles. The molecule has 1 unspecified atom stereocenters. The SMILES string of the molecule is CCC(C)(CCO)NC(=O)/C=C/c1cncc(O)c1. The zero-order chi connectivity index (χ0) is 14.3. The smallest absolute Gasteiger partial charge is 0.244 e. The third-order valence-electron chi connectivity index (χ3n) is 3.04. The summed E-state index contributed by atoms with van der Waals surface area (Å²) in [5.41, 5.74) is 0.239. The number of aliphatic hydroxyl groups excluding tert-OH is 1. The van der Waals surface area contributed by atoms with E-state index in [1.165, 1.54) is 18.3 Å². The highest BCUT2D eigenvalue weighted by atomic mass is 16.3. The quantitative estimate of drug-likeness (QED) is 0.679. The van der Waals surface area contributed by atoms with Gasteiger partial charge in [-0.2, -0.15) is 0 Å². The summed E-state index contributed by atoms with van der Waals surface area (Å²) >= 11 is 0. The summed E-state index contributed by atoms with van der Waals surface area (Å²) in [6.45, 7) is 3.88. The van der Waals surface area contributed by atoms with E-state index >= 15 is 0 Å². The van der Waals surface area contributed by atoms with Crippen LogP contribution in [0, 0.1) is 0 Å². The number of hydrogen-bond donors (Lipinski definition) is 3. The van der Waals surface area contributed by atoms with Crippen LogP contribution in [-0.2, 0) is 4.79 Å². The Morgan fingerprint density at radius 1 is 1.53 bits per heavy atom. The minimum atomic E-state index is -0.409. The molecule has 104 valence electrons. The molecule has 1 amide bonds. The number of aliphatic hydroxyl groups is 1. The van der Waals surface area contributed by atoms with Crippen LogP contribution in [0.3, 0.4) is 0 Å². The predicted molar refractivity (Wildman–Crippen MR) is 73.5 cm³/mol. The Morgan fingerprint density at radius 3 is 2.84 bits per heavy atom. The second-order valence-electron chi connectivity index (χ2n) is 4.69. The largest absolute Gasteiger partial charge is 0.506 e. The number of nitrogens with zero attached hydrogens (tertiary/aromatic N) is 1. The number of rotatable bonds is 6. The number of aromatic hydroxyl groups is 1. The summed E-state index contributed by atoms with van der Waals surface area (Å²) in [5, 5.41) is 21.1. The van der Waals surface area contributed by atoms with Gasteiger partial charge in [-0.1, -0.05) is 6.92 Å². The highest BCUT2D eigenvalue weighted by Gasteiger charge is 2.22. The van der Waals surface area contributed by atoms with Crippen molar-refractivity contribution in [2.45, 2.75) is 32.2 Å². The molecular formula is C14H20N2O3. The van der Waals surface area contributed by atoms with Crippen molar-refractivity contribution in [3.63, 3.8) is 0 Å². The molecule has 0 aliphatic carbocycles. The Morgan fingerprint density at radius 2 is 2.26 bits per heavy atom. The lowest BCUT2D eigenvalue weighted by molar-refractivity contribution is -0.118. The molecule has 0 aliphatic heterocycles. The van der Waals surface area contributed by atoms with E-state index in [0.717, 1.165) is 6.42 Å². The monoisotopic (exact) mass is 264 g/mol. The third kappa shape index (κ3) is 5.09. The average Bonchev–Trinajstić information content (AvgIpc) is 2.37. The van der Waals surface area contributed by atoms with E-state index in [9.17, 15) is 9.90 Å². The summed E-state index contributed by atoms with van der Waals surface area (Å²) in [7, 11) is 0. The molecule has 1 atom stereocenters. The highest BCUT2D eigenvalue weighted by molar-refractivity contribution is 5.92. The highest BCUT2D eigenvalue weighted by Crippen LogP contribution is 2.14. The van der Waals surface area contributed by atoms with E-state index < -0.39 is 5.54 Å². The van der Waals surface area contributed by atoms with Gasteiger partial charge in [0.1, 0.15) is 5.75 Å². The minimum Gasteiger partial charge on any atom is -0.506 e. The molecule has 0 aromatic carbocycles. The van der Waals surface area contributed by atoms with Crippen molar-refractivity contribution in [1.82, 2.24) is 10.3 Å². The summed E-state index contributed by atoms with van der Waals surface area (Å²) < 4.78 is 0. The molecule has 1 heterocycles. The van der Waals surface area contributed by atoms with E-state index in [1.807, 2.05) is 13.8 Å². The van der Waals surface area contributed by atoms with Gasteiger partial charge in [-0.25, -0.2) is 0 Å². The first-order chi connectivity index (χ1) is 8.99. The average molecular weight is 264 g/mol. The molecule has 1 aromatic heterocycles. The first-order valence-electron chi connectivity index (χ1n) is 6.24. The molecule has 0 fully saturated rings. The van der Waals surface area contributed by atoms with Crippen molar-refractivity contribution in [3.05, 3.63) is 30.1 Å². The number of aromatic nitrogens is 1. The van der Waals surface area contributed by atoms with Crippen LogP contribution in [-0.4, -0.2) is 33.3 Å². The fraction of sp³-hybridized carbons (Fsp3) is 0.429. The van der Waals surface area contributed by atoms with E-state index in [2.05, 4.69) is 10.3 Å². The van der Waals surface area contributed by atoms with Crippen LogP contribution in [0.4, 0.5) is 0 Å². The summed E-state index contributed by atoms with van der Waals surface area (Å²) in [5.74, 6) is -0.178. The van der Waals surface area contributed by atoms with Crippen molar-refractivity contribution in [3.8, 4) is 5.75 Å². The summed E-state index contributed by atoms with van der Waals surface area (Å²) in [6, 6.07) is 1.52. The Hall–Kier alpha value is -1.88. The molecule has 19 heavy (non-hydrogen) atoms. The van der Waals surface area contributed by atoms with Gasteiger partial charge in [0.15, 0.2) is 0 Å². The first-order valence-corrected chi connectivity index (χ1v) is 6.24. The van der Waals surface area contributed by atoms with Gasteiger partial charge in [-0.3, -0.25) is 9.78 Å².